The number of aryl methyl sites for hydroxylation is 1. The topological polar surface area (TPSA) is 96.3 Å². The summed E-state index contributed by atoms with van der Waals surface area (Å²) in [6, 6.07) is 11.1. The smallest absolute Gasteiger partial charge is 0.276 e. The number of hydrogen-bond donors (Lipinski definition) is 3. The zero-order valence-corrected chi connectivity index (χ0v) is 17.2. The van der Waals surface area contributed by atoms with Crippen molar-refractivity contribution in [2.24, 2.45) is 5.92 Å². The van der Waals surface area contributed by atoms with E-state index in [9.17, 15) is 19.1 Å². The molecular weight excluding hydrogens is 399 g/mol. The molecule has 1 saturated carbocycles. The van der Waals surface area contributed by atoms with Crippen molar-refractivity contribution in [1.29, 1.82) is 0 Å². The monoisotopic (exact) mass is 422 g/mol. The molecule has 1 aromatic heterocycles. The lowest BCUT2D eigenvalue weighted by Crippen LogP contribution is -2.27. The molecule has 1 atom stereocenters. The van der Waals surface area contributed by atoms with Crippen molar-refractivity contribution >= 4 is 17.5 Å². The largest absolute Gasteiger partial charge is 0.504 e. The first-order valence-electron chi connectivity index (χ1n) is 10.1. The summed E-state index contributed by atoms with van der Waals surface area (Å²) < 4.78 is 14.7. The summed E-state index contributed by atoms with van der Waals surface area (Å²) in [6.45, 7) is 3.53. The first-order chi connectivity index (χ1) is 14.8. The van der Waals surface area contributed by atoms with E-state index in [4.69, 9.17) is 0 Å². The molecule has 0 aliphatic heterocycles. The van der Waals surface area contributed by atoms with Gasteiger partial charge in [0.2, 0.25) is 5.91 Å². The molecule has 2 amide bonds. The van der Waals surface area contributed by atoms with Crippen LogP contribution < -0.4 is 10.6 Å². The molecule has 31 heavy (non-hydrogen) atoms. The molecule has 160 valence electrons. The Balaban J connectivity index is 1.44. The Morgan fingerprint density at radius 1 is 1.19 bits per heavy atom. The molecule has 0 saturated heterocycles. The number of benzene rings is 2. The van der Waals surface area contributed by atoms with Crippen molar-refractivity contribution < 1.29 is 19.1 Å². The Hall–Kier alpha value is -3.68. The summed E-state index contributed by atoms with van der Waals surface area (Å²) in [5.74, 6) is -1.01. The summed E-state index contributed by atoms with van der Waals surface area (Å²) >= 11 is 0. The van der Waals surface area contributed by atoms with Gasteiger partial charge in [0, 0.05) is 11.6 Å². The first kappa shape index (κ1) is 20.6. The number of nitrogens with zero attached hydrogens (tertiary/aromatic N) is 2. The van der Waals surface area contributed by atoms with E-state index in [-0.39, 0.29) is 35.1 Å². The van der Waals surface area contributed by atoms with Crippen LogP contribution in [0.3, 0.4) is 0 Å². The molecule has 2 aromatic carbocycles. The minimum atomic E-state index is -0.533. The quantitative estimate of drug-likeness (QED) is 0.562. The molecule has 8 heteroatoms. The van der Waals surface area contributed by atoms with Crippen molar-refractivity contribution in [3.63, 3.8) is 0 Å². The van der Waals surface area contributed by atoms with Crippen LogP contribution in [0.4, 0.5) is 10.1 Å². The highest BCUT2D eigenvalue weighted by Gasteiger charge is 2.29. The van der Waals surface area contributed by atoms with Crippen molar-refractivity contribution in [1.82, 2.24) is 15.1 Å². The third-order valence-electron chi connectivity index (χ3n) is 5.29. The zero-order chi connectivity index (χ0) is 22.1. The molecule has 0 bridgehead atoms. The molecule has 1 heterocycles. The van der Waals surface area contributed by atoms with Gasteiger partial charge in [0.1, 0.15) is 5.82 Å². The van der Waals surface area contributed by atoms with Gasteiger partial charge in [-0.05, 0) is 68.1 Å². The summed E-state index contributed by atoms with van der Waals surface area (Å²) in [5.41, 5.74) is 2.62. The average molecular weight is 422 g/mol. The number of halogens is 1. The third kappa shape index (κ3) is 4.58. The second-order valence-electron chi connectivity index (χ2n) is 7.82. The Morgan fingerprint density at radius 3 is 2.55 bits per heavy atom. The van der Waals surface area contributed by atoms with Gasteiger partial charge in [-0.15, -0.1) is 0 Å². The van der Waals surface area contributed by atoms with Crippen molar-refractivity contribution in [3.8, 4) is 11.4 Å². The molecular formula is C23H23FN4O3. The fraction of sp³-hybridized carbons (Fsp3) is 0.261. The summed E-state index contributed by atoms with van der Waals surface area (Å²) in [7, 11) is 0. The number of aromatic hydroxyl groups is 1. The second kappa shape index (κ2) is 8.22. The van der Waals surface area contributed by atoms with Crippen LogP contribution in [0, 0.1) is 18.7 Å². The van der Waals surface area contributed by atoms with Gasteiger partial charge in [-0.25, -0.2) is 9.07 Å². The summed E-state index contributed by atoms with van der Waals surface area (Å²) in [6.07, 6.45) is 3.20. The number of hydrogen-bond acceptors (Lipinski definition) is 4. The Labute approximate surface area is 178 Å². The lowest BCUT2D eigenvalue weighted by atomic mass is 10.1. The number of carbonyl (C=O) groups excluding carboxylic acids is 2. The lowest BCUT2D eigenvalue weighted by Gasteiger charge is -2.14. The molecule has 1 unspecified atom stereocenters. The lowest BCUT2D eigenvalue weighted by molar-refractivity contribution is -0.117. The SMILES string of the molecule is Cc1cc(F)ccc1-n1cc(O)c(C(=O)NC(C)c2ccc(NC(=O)C3CC3)cc2)n1. The van der Waals surface area contributed by atoms with Crippen LogP contribution in [-0.2, 0) is 4.79 Å². The molecule has 4 rings (SSSR count). The van der Waals surface area contributed by atoms with Gasteiger partial charge in [-0.1, -0.05) is 12.1 Å². The molecule has 1 aliphatic carbocycles. The molecule has 1 fully saturated rings. The van der Waals surface area contributed by atoms with Gasteiger partial charge in [0.05, 0.1) is 17.9 Å². The standard InChI is InChI=1S/C23H23FN4O3/c1-13-11-17(24)7-10-19(13)28-12-20(29)21(27-28)23(31)25-14(2)15-5-8-18(9-6-15)26-22(30)16-3-4-16/h5-12,14,16,29H,3-4H2,1-2H3,(H,25,31)(H,26,30). The third-order valence-corrected chi connectivity index (χ3v) is 5.29. The fourth-order valence-electron chi connectivity index (χ4n) is 3.32. The van der Waals surface area contributed by atoms with Crippen LogP contribution in [0.2, 0.25) is 0 Å². The highest BCUT2D eigenvalue weighted by Crippen LogP contribution is 2.30. The van der Waals surface area contributed by atoms with Crippen molar-refractivity contribution in [3.05, 3.63) is 71.3 Å². The first-order valence-corrected chi connectivity index (χ1v) is 10.1. The van der Waals surface area contributed by atoms with E-state index in [1.807, 2.05) is 19.1 Å². The van der Waals surface area contributed by atoms with E-state index in [1.165, 1.54) is 29.1 Å². The predicted octanol–water partition coefficient (Wildman–Crippen LogP) is 3.86. The van der Waals surface area contributed by atoms with Crippen LogP contribution in [-0.4, -0.2) is 26.7 Å². The highest BCUT2D eigenvalue weighted by atomic mass is 19.1. The number of carbonyl (C=O) groups is 2. The van der Waals surface area contributed by atoms with E-state index in [1.54, 1.807) is 19.1 Å². The van der Waals surface area contributed by atoms with Gasteiger partial charge in [-0.3, -0.25) is 9.59 Å². The van der Waals surface area contributed by atoms with Crippen LogP contribution in [0.25, 0.3) is 5.69 Å². The van der Waals surface area contributed by atoms with Gasteiger partial charge >= 0.3 is 0 Å². The van der Waals surface area contributed by atoms with E-state index in [0.717, 1.165) is 18.4 Å². The maximum atomic E-state index is 13.3. The number of nitrogens with one attached hydrogen (secondary N) is 2. The van der Waals surface area contributed by atoms with E-state index in [0.29, 0.717) is 16.9 Å². The van der Waals surface area contributed by atoms with Gasteiger partial charge in [0.25, 0.3) is 5.91 Å². The minimum Gasteiger partial charge on any atom is -0.504 e. The Bertz CT molecular complexity index is 1140. The van der Waals surface area contributed by atoms with Gasteiger partial charge < -0.3 is 15.7 Å². The van der Waals surface area contributed by atoms with Crippen molar-refractivity contribution in [2.45, 2.75) is 32.7 Å². The number of amides is 2. The van der Waals surface area contributed by atoms with Crippen LogP contribution >= 0.6 is 0 Å². The van der Waals surface area contributed by atoms with Gasteiger partial charge in [0.15, 0.2) is 11.4 Å². The van der Waals surface area contributed by atoms with Crippen LogP contribution in [0.1, 0.15) is 47.4 Å². The Kier molecular flexibility index (Phi) is 5.46. The van der Waals surface area contributed by atoms with Gasteiger partial charge in [-0.2, -0.15) is 5.10 Å². The number of anilines is 1. The maximum absolute atomic E-state index is 13.3. The molecule has 3 N–H and O–H groups in total. The van der Waals surface area contributed by atoms with E-state index in [2.05, 4.69) is 15.7 Å². The Morgan fingerprint density at radius 2 is 1.90 bits per heavy atom. The van der Waals surface area contributed by atoms with E-state index < -0.39 is 5.91 Å². The molecule has 0 radical (unpaired) electrons. The van der Waals surface area contributed by atoms with Crippen LogP contribution in [0.5, 0.6) is 5.75 Å². The van der Waals surface area contributed by atoms with Crippen molar-refractivity contribution in [2.75, 3.05) is 5.32 Å². The predicted molar refractivity (Wildman–Crippen MR) is 114 cm³/mol. The fourth-order valence-corrected chi connectivity index (χ4v) is 3.32. The average Bonchev–Trinajstić information content (AvgIpc) is 3.51. The molecule has 7 nitrogen and oxygen atoms in total. The minimum absolute atomic E-state index is 0.0385. The summed E-state index contributed by atoms with van der Waals surface area (Å²) in [4.78, 5) is 24.5. The zero-order valence-electron chi connectivity index (χ0n) is 17.2. The number of rotatable bonds is 6. The summed E-state index contributed by atoms with van der Waals surface area (Å²) in [5, 5.41) is 20.1. The highest BCUT2D eigenvalue weighted by molar-refractivity contribution is 5.95. The second-order valence-corrected chi connectivity index (χ2v) is 7.82. The van der Waals surface area contributed by atoms with Crippen LogP contribution in [0.15, 0.2) is 48.7 Å². The van der Waals surface area contributed by atoms with E-state index >= 15 is 0 Å². The molecule has 3 aromatic rings. The number of aromatic nitrogens is 2. The molecule has 1 aliphatic rings. The normalized spacial score (nSPS) is 14.2. The molecule has 0 spiro atoms. The maximum Gasteiger partial charge on any atom is 0.276 e.